The van der Waals surface area contributed by atoms with Crippen molar-refractivity contribution in [3.63, 3.8) is 0 Å². The van der Waals surface area contributed by atoms with Gasteiger partial charge in [-0.15, -0.1) is 0 Å². The summed E-state index contributed by atoms with van der Waals surface area (Å²) < 4.78 is 1.68. The SMILES string of the molecule is Nc1cc(Br)nc(Nc2ccc(I)cc2Cl)n1. The van der Waals surface area contributed by atoms with E-state index in [0.29, 0.717) is 21.4 Å². The van der Waals surface area contributed by atoms with Gasteiger partial charge in [-0.2, -0.15) is 4.98 Å². The molecule has 1 aromatic carbocycles. The first kappa shape index (κ1) is 12.8. The molecule has 88 valence electrons. The summed E-state index contributed by atoms with van der Waals surface area (Å²) >= 11 is 11.5. The Bertz CT molecular complexity index is 544. The predicted molar refractivity (Wildman–Crippen MR) is 81.6 cm³/mol. The number of aromatic nitrogens is 2. The van der Waals surface area contributed by atoms with E-state index < -0.39 is 0 Å². The zero-order valence-corrected chi connectivity index (χ0v) is 12.9. The van der Waals surface area contributed by atoms with Crippen molar-refractivity contribution < 1.29 is 0 Å². The van der Waals surface area contributed by atoms with E-state index in [1.165, 1.54) is 0 Å². The fourth-order valence-electron chi connectivity index (χ4n) is 1.20. The fraction of sp³-hybridized carbons (Fsp3) is 0. The Morgan fingerprint density at radius 3 is 2.71 bits per heavy atom. The Labute approximate surface area is 125 Å². The lowest BCUT2D eigenvalue weighted by Gasteiger charge is -2.07. The largest absolute Gasteiger partial charge is 0.383 e. The maximum absolute atomic E-state index is 6.09. The minimum Gasteiger partial charge on any atom is -0.383 e. The van der Waals surface area contributed by atoms with Crippen LogP contribution in [-0.4, -0.2) is 9.97 Å². The Balaban J connectivity index is 2.31. The molecule has 0 saturated carbocycles. The highest BCUT2D eigenvalue weighted by Crippen LogP contribution is 2.26. The lowest BCUT2D eigenvalue weighted by Crippen LogP contribution is -2.01. The number of hydrogen-bond donors (Lipinski definition) is 2. The standard InChI is InChI=1S/C10H7BrClIN4/c11-8-4-9(14)17-10(16-8)15-7-2-1-5(13)3-6(7)12/h1-4H,(H3,14,15,16,17). The van der Waals surface area contributed by atoms with Crippen LogP contribution in [0.4, 0.5) is 17.5 Å². The van der Waals surface area contributed by atoms with Gasteiger partial charge in [-0.05, 0) is 56.7 Å². The molecule has 0 bridgehead atoms. The average Bonchev–Trinajstić information content (AvgIpc) is 2.21. The zero-order valence-electron chi connectivity index (χ0n) is 8.42. The molecule has 0 spiro atoms. The molecule has 0 fully saturated rings. The van der Waals surface area contributed by atoms with E-state index >= 15 is 0 Å². The molecule has 1 aromatic heterocycles. The zero-order chi connectivity index (χ0) is 12.4. The molecule has 0 unspecified atom stereocenters. The van der Waals surface area contributed by atoms with E-state index in [1.54, 1.807) is 6.07 Å². The molecule has 4 nitrogen and oxygen atoms in total. The van der Waals surface area contributed by atoms with Crippen LogP contribution in [0.3, 0.4) is 0 Å². The van der Waals surface area contributed by atoms with E-state index in [0.717, 1.165) is 9.26 Å². The molecule has 2 aromatic rings. The maximum Gasteiger partial charge on any atom is 0.230 e. The quantitative estimate of drug-likeness (QED) is 0.567. The van der Waals surface area contributed by atoms with E-state index in [4.69, 9.17) is 17.3 Å². The van der Waals surface area contributed by atoms with Crippen molar-refractivity contribution >= 4 is 67.6 Å². The number of nitrogens with one attached hydrogen (secondary N) is 1. The second-order valence-electron chi connectivity index (χ2n) is 3.19. The van der Waals surface area contributed by atoms with Gasteiger partial charge in [-0.3, -0.25) is 0 Å². The van der Waals surface area contributed by atoms with E-state index in [9.17, 15) is 0 Å². The minimum absolute atomic E-state index is 0.385. The summed E-state index contributed by atoms with van der Waals surface area (Å²) in [7, 11) is 0. The van der Waals surface area contributed by atoms with E-state index in [1.807, 2.05) is 18.2 Å². The third kappa shape index (κ3) is 3.43. The van der Waals surface area contributed by atoms with Crippen molar-refractivity contribution in [2.24, 2.45) is 0 Å². The molecule has 0 amide bonds. The number of halogens is 3. The third-order valence-corrected chi connectivity index (χ3v) is 3.28. The molecule has 0 saturated heterocycles. The third-order valence-electron chi connectivity index (χ3n) is 1.89. The number of nitrogens with two attached hydrogens (primary N) is 1. The highest BCUT2D eigenvalue weighted by molar-refractivity contribution is 14.1. The van der Waals surface area contributed by atoms with Gasteiger partial charge in [-0.25, -0.2) is 4.98 Å². The molecular weight excluding hydrogens is 418 g/mol. The molecular formula is C10H7BrClIN4. The van der Waals surface area contributed by atoms with Crippen molar-refractivity contribution in [2.45, 2.75) is 0 Å². The van der Waals surface area contributed by atoms with E-state index in [-0.39, 0.29) is 0 Å². The van der Waals surface area contributed by atoms with Crippen LogP contribution in [0.5, 0.6) is 0 Å². The van der Waals surface area contributed by atoms with Crippen LogP contribution in [0.1, 0.15) is 0 Å². The molecule has 0 aliphatic rings. The number of benzene rings is 1. The van der Waals surface area contributed by atoms with Gasteiger partial charge < -0.3 is 11.1 Å². The summed E-state index contributed by atoms with van der Waals surface area (Å²) in [4.78, 5) is 8.20. The Hall–Kier alpha value is -0.600. The van der Waals surface area contributed by atoms with Gasteiger partial charge in [0.15, 0.2) is 0 Å². The Kier molecular flexibility index (Phi) is 4.05. The monoisotopic (exact) mass is 424 g/mol. The molecule has 7 heteroatoms. The lowest BCUT2D eigenvalue weighted by molar-refractivity contribution is 1.15. The molecule has 2 rings (SSSR count). The molecule has 1 heterocycles. The summed E-state index contributed by atoms with van der Waals surface area (Å²) in [6, 6.07) is 7.28. The first-order chi connectivity index (χ1) is 8.04. The van der Waals surface area contributed by atoms with Gasteiger partial charge in [0.1, 0.15) is 10.4 Å². The molecule has 3 N–H and O–H groups in total. The number of anilines is 3. The maximum atomic E-state index is 6.09. The first-order valence-electron chi connectivity index (χ1n) is 4.57. The van der Waals surface area contributed by atoms with E-state index in [2.05, 4.69) is 53.8 Å². The van der Waals surface area contributed by atoms with Gasteiger partial charge in [0.2, 0.25) is 5.95 Å². The number of nitrogen functional groups attached to an aromatic ring is 1. The Morgan fingerprint density at radius 1 is 1.29 bits per heavy atom. The van der Waals surface area contributed by atoms with Gasteiger partial charge in [0, 0.05) is 9.64 Å². The van der Waals surface area contributed by atoms with Crippen LogP contribution in [0.2, 0.25) is 5.02 Å². The molecule has 0 aliphatic heterocycles. The average molecular weight is 425 g/mol. The predicted octanol–water partition coefficient (Wildman–Crippen LogP) is 3.82. The van der Waals surface area contributed by atoms with Crippen molar-refractivity contribution in [3.05, 3.63) is 37.5 Å². The van der Waals surface area contributed by atoms with Gasteiger partial charge in [0.05, 0.1) is 10.7 Å². The van der Waals surface area contributed by atoms with Crippen molar-refractivity contribution in [2.75, 3.05) is 11.1 Å². The van der Waals surface area contributed by atoms with Gasteiger partial charge in [-0.1, -0.05) is 11.6 Å². The minimum atomic E-state index is 0.385. The summed E-state index contributed by atoms with van der Waals surface area (Å²) in [6.45, 7) is 0. The lowest BCUT2D eigenvalue weighted by atomic mass is 10.3. The fourth-order valence-corrected chi connectivity index (χ4v) is 2.51. The number of nitrogens with zero attached hydrogens (tertiary/aromatic N) is 2. The van der Waals surface area contributed by atoms with Crippen LogP contribution < -0.4 is 11.1 Å². The molecule has 17 heavy (non-hydrogen) atoms. The summed E-state index contributed by atoms with van der Waals surface area (Å²) in [5.41, 5.74) is 6.36. The summed E-state index contributed by atoms with van der Waals surface area (Å²) in [6.07, 6.45) is 0. The number of rotatable bonds is 2. The summed E-state index contributed by atoms with van der Waals surface area (Å²) in [5, 5.41) is 3.62. The Morgan fingerprint density at radius 2 is 2.06 bits per heavy atom. The van der Waals surface area contributed by atoms with Gasteiger partial charge >= 0.3 is 0 Å². The van der Waals surface area contributed by atoms with Crippen LogP contribution in [0.25, 0.3) is 0 Å². The summed E-state index contributed by atoms with van der Waals surface area (Å²) in [5.74, 6) is 0.788. The highest BCUT2D eigenvalue weighted by Gasteiger charge is 2.05. The van der Waals surface area contributed by atoms with Crippen LogP contribution in [0.15, 0.2) is 28.9 Å². The second-order valence-corrected chi connectivity index (χ2v) is 5.65. The normalized spacial score (nSPS) is 10.3. The van der Waals surface area contributed by atoms with Crippen molar-refractivity contribution in [3.8, 4) is 0 Å². The first-order valence-corrected chi connectivity index (χ1v) is 6.82. The van der Waals surface area contributed by atoms with Crippen LogP contribution in [0, 0.1) is 3.57 Å². The smallest absolute Gasteiger partial charge is 0.230 e. The topological polar surface area (TPSA) is 63.8 Å². The number of hydrogen-bond acceptors (Lipinski definition) is 4. The van der Waals surface area contributed by atoms with Gasteiger partial charge in [0.25, 0.3) is 0 Å². The second kappa shape index (κ2) is 5.36. The van der Waals surface area contributed by atoms with Crippen molar-refractivity contribution in [1.29, 1.82) is 0 Å². The molecule has 0 atom stereocenters. The molecule has 0 aliphatic carbocycles. The van der Waals surface area contributed by atoms with Crippen LogP contribution >= 0.6 is 50.1 Å². The van der Waals surface area contributed by atoms with Crippen LogP contribution in [-0.2, 0) is 0 Å². The van der Waals surface area contributed by atoms with Crippen molar-refractivity contribution in [1.82, 2.24) is 9.97 Å². The molecule has 0 radical (unpaired) electrons. The highest BCUT2D eigenvalue weighted by atomic mass is 127.